The van der Waals surface area contributed by atoms with Gasteiger partial charge in [0.25, 0.3) is 0 Å². The number of aliphatic carboxylic acids is 1. The predicted octanol–water partition coefficient (Wildman–Crippen LogP) is 3.10. The van der Waals surface area contributed by atoms with Crippen molar-refractivity contribution in [1.29, 1.82) is 0 Å². The first-order chi connectivity index (χ1) is 10.3. The molecule has 0 fully saturated rings. The number of hydrogen-bond donors (Lipinski definition) is 2. The first-order valence-electron chi connectivity index (χ1n) is 7.84. The quantitative estimate of drug-likeness (QED) is 0.775. The molecule has 22 heavy (non-hydrogen) atoms. The highest BCUT2D eigenvalue weighted by Gasteiger charge is 2.19. The van der Waals surface area contributed by atoms with Crippen molar-refractivity contribution in [2.24, 2.45) is 11.8 Å². The molecule has 1 unspecified atom stereocenters. The topological polar surface area (TPSA) is 66.4 Å². The Labute approximate surface area is 132 Å². The van der Waals surface area contributed by atoms with Gasteiger partial charge in [0.1, 0.15) is 0 Å². The smallest absolute Gasteiger partial charge is 0.308 e. The first-order valence-corrected chi connectivity index (χ1v) is 7.84. The van der Waals surface area contributed by atoms with E-state index in [0.717, 1.165) is 5.56 Å². The minimum atomic E-state index is -0.844. The molecule has 1 rings (SSSR count). The lowest BCUT2D eigenvalue weighted by atomic mass is 9.97. The largest absolute Gasteiger partial charge is 0.481 e. The van der Waals surface area contributed by atoms with Crippen molar-refractivity contribution >= 4 is 11.9 Å². The molecule has 0 aliphatic carbocycles. The third kappa shape index (κ3) is 6.74. The van der Waals surface area contributed by atoms with Gasteiger partial charge in [-0.3, -0.25) is 9.59 Å². The SMILES string of the molecule is Cc1cc(C)cc(CCC(=O)NCC(CC(C)C)C(=O)O)c1. The number of nitrogens with one attached hydrogen (secondary N) is 1. The number of hydrogen-bond acceptors (Lipinski definition) is 2. The third-order valence-corrected chi connectivity index (χ3v) is 3.57. The van der Waals surface area contributed by atoms with Gasteiger partial charge in [-0.15, -0.1) is 0 Å². The van der Waals surface area contributed by atoms with E-state index in [2.05, 4.69) is 23.5 Å². The number of rotatable bonds is 8. The third-order valence-electron chi connectivity index (χ3n) is 3.57. The molecule has 0 bridgehead atoms. The molecule has 122 valence electrons. The number of benzene rings is 1. The summed E-state index contributed by atoms with van der Waals surface area (Å²) in [5, 5.41) is 11.9. The Morgan fingerprint density at radius 1 is 1.14 bits per heavy atom. The molecule has 0 spiro atoms. The minimum absolute atomic E-state index is 0.0887. The molecular weight excluding hydrogens is 278 g/mol. The highest BCUT2D eigenvalue weighted by atomic mass is 16.4. The average Bonchev–Trinajstić information content (AvgIpc) is 2.39. The van der Waals surface area contributed by atoms with Gasteiger partial charge in [0.15, 0.2) is 0 Å². The summed E-state index contributed by atoms with van der Waals surface area (Å²) in [6, 6.07) is 6.27. The monoisotopic (exact) mass is 305 g/mol. The summed E-state index contributed by atoms with van der Waals surface area (Å²) < 4.78 is 0. The van der Waals surface area contributed by atoms with Crippen molar-refractivity contribution in [2.75, 3.05) is 6.54 Å². The zero-order valence-electron chi connectivity index (χ0n) is 14.0. The molecule has 0 radical (unpaired) electrons. The van der Waals surface area contributed by atoms with Gasteiger partial charge < -0.3 is 10.4 Å². The van der Waals surface area contributed by atoms with Gasteiger partial charge in [0.2, 0.25) is 5.91 Å². The van der Waals surface area contributed by atoms with E-state index in [1.54, 1.807) is 0 Å². The second kappa shape index (κ2) is 8.57. The molecule has 1 amide bonds. The van der Waals surface area contributed by atoms with Crippen LogP contribution in [0.25, 0.3) is 0 Å². The van der Waals surface area contributed by atoms with E-state index in [-0.39, 0.29) is 12.5 Å². The molecule has 0 saturated carbocycles. The Kier molecular flexibility index (Phi) is 7.09. The Morgan fingerprint density at radius 2 is 1.73 bits per heavy atom. The lowest BCUT2D eigenvalue weighted by Crippen LogP contribution is -2.33. The van der Waals surface area contributed by atoms with E-state index >= 15 is 0 Å². The van der Waals surface area contributed by atoms with E-state index in [1.807, 2.05) is 27.7 Å². The van der Waals surface area contributed by atoms with E-state index < -0.39 is 11.9 Å². The van der Waals surface area contributed by atoms with Crippen LogP contribution < -0.4 is 5.32 Å². The van der Waals surface area contributed by atoms with E-state index in [0.29, 0.717) is 25.2 Å². The molecular formula is C18H27NO3. The Morgan fingerprint density at radius 3 is 2.23 bits per heavy atom. The summed E-state index contributed by atoms with van der Waals surface area (Å²) in [5.74, 6) is -1.14. The molecule has 1 atom stereocenters. The minimum Gasteiger partial charge on any atom is -0.481 e. The molecule has 0 aliphatic rings. The van der Waals surface area contributed by atoms with Gasteiger partial charge in [-0.25, -0.2) is 0 Å². The maximum Gasteiger partial charge on any atom is 0.308 e. The summed E-state index contributed by atoms with van der Waals surface area (Å²) in [6.45, 7) is 8.26. The van der Waals surface area contributed by atoms with Crippen molar-refractivity contribution in [2.45, 2.75) is 47.0 Å². The van der Waals surface area contributed by atoms with E-state index in [1.165, 1.54) is 11.1 Å². The lowest BCUT2D eigenvalue weighted by Gasteiger charge is -2.15. The fourth-order valence-electron chi connectivity index (χ4n) is 2.64. The molecule has 0 saturated heterocycles. The van der Waals surface area contributed by atoms with Crippen molar-refractivity contribution in [3.05, 3.63) is 34.9 Å². The molecule has 1 aromatic carbocycles. The highest BCUT2D eigenvalue weighted by molar-refractivity contribution is 5.77. The molecule has 0 heterocycles. The van der Waals surface area contributed by atoms with Crippen molar-refractivity contribution < 1.29 is 14.7 Å². The predicted molar refractivity (Wildman–Crippen MR) is 87.8 cm³/mol. The maximum atomic E-state index is 11.9. The van der Waals surface area contributed by atoms with Crippen LogP contribution in [0.3, 0.4) is 0 Å². The van der Waals surface area contributed by atoms with Crippen molar-refractivity contribution in [1.82, 2.24) is 5.32 Å². The number of amides is 1. The number of aryl methyl sites for hydroxylation is 3. The van der Waals surface area contributed by atoms with Gasteiger partial charge in [-0.05, 0) is 38.2 Å². The average molecular weight is 305 g/mol. The van der Waals surface area contributed by atoms with Crippen LogP contribution in [-0.4, -0.2) is 23.5 Å². The fraction of sp³-hybridized carbons (Fsp3) is 0.556. The zero-order valence-corrected chi connectivity index (χ0v) is 14.0. The fourth-order valence-corrected chi connectivity index (χ4v) is 2.64. The van der Waals surface area contributed by atoms with E-state index in [4.69, 9.17) is 5.11 Å². The van der Waals surface area contributed by atoms with Gasteiger partial charge in [-0.1, -0.05) is 43.2 Å². The van der Waals surface area contributed by atoms with Crippen LogP contribution in [0.15, 0.2) is 18.2 Å². The van der Waals surface area contributed by atoms with Crippen LogP contribution in [0.4, 0.5) is 0 Å². The second-order valence-corrected chi connectivity index (χ2v) is 6.46. The van der Waals surface area contributed by atoms with Crippen molar-refractivity contribution in [3.63, 3.8) is 0 Å². The molecule has 1 aromatic rings. The molecule has 4 heteroatoms. The summed E-state index contributed by atoms with van der Waals surface area (Å²) in [6.07, 6.45) is 1.64. The number of carboxylic acids is 1. The van der Waals surface area contributed by atoms with Crippen LogP contribution in [-0.2, 0) is 16.0 Å². The van der Waals surface area contributed by atoms with E-state index in [9.17, 15) is 9.59 Å². The van der Waals surface area contributed by atoms with Gasteiger partial charge in [-0.2, -0.15) is 0 Å². The van der Waals surface area contributed by atoms with Crippen LogP contribution in [0, 0.1) is 25.7 Å². The van der Waals surface area contributed by atoms with Crippen LogP contribution in [0.2, 0.25) is 0 Å². The molecule has 2 N–H and O–H groups in total. The Bertz CT molecular complexity index is 503. The van der Waals surface area contributed by atoms with Gasteiger partial charge in [0.05, 0.1) is 5.92 Å². The molecule has 4 nitrogen and oxygen atoms in total. The van der Waals surface area contributed by atoms with Crippen LogP contribution >= 0.6 is 0 Å². The summed E-state index contributed by atoms with van der Waals surface area (Å²) in [5.41, 5.74) is 3.53. The second-order valence-electron chi connectivity index (χ2n) is 6.46. The normalized spacial score (nSPS) is 12.2. The standard InChI is InChI=1S/C18H27NO3/c1-12(2)7-16(18(21)22)11-19-17(20)6-5-15-9-13(3)8-14(4)10-15/h8-10,12,16H,5-7,11H2,1-4H3,(H,19,20)(H,21,22). The van der Waals surface area contributed by atoms with Gasteiger partial charge >= 0.3 is 5.97 Å². The number of carbonyl (C=O) groups is 2. The summed E-state index contributed by atoms with van der Waals surface area (Å²) in [7, 11) is 0. The summed E-state index contributed by atoms with van der Waals surface area (Å²) in [4.78, 5) is 23.0. The Hall–Kier alpha value is -1.84. The molecule has 0 aromatic heterocycles. The number of carbonyl (C=O) groups excluding carboxylic acids is 1. The molecule has 0 aliphatic heterocycles. The van der Waals surface area contributed by atoms with Crippen molar-refractivity contribution in [3.8, 4) is 0 Å². The first kappa shape index (κ1) is 18.2. The van der Waals surface area contributed by atoms with Crippen LogP contribution in [0.5, 0.6) is 0 Å². The zero-order chi connectivity index (χ0) is 16.7. The summed E-state index contributed by atoms with van der Waals surface area (Å²) >= 11 is 0. The maximum absolute atomic E-state index is 11.9. The Balaban J connectivity index is 2.44. The number of carboxylic acid groups (broad SMARTS) is 1. The lowest BCUT2D eigenvalue weighted by molar-refractivity contribution is -0.142. The van der Waals surface area contributed by atoms with Gasteiger partial charge in [0, 0.05) is 13.0 Å². The van der Waals surface area contributed by atoms with Crippen LogP contribution in [0.1, 0.15) is 43.4 Å². The highest BCUT2D eigenvalue weighted by Crippen LogP contribution is 2.12.